The van der Waals surface area contributed by atoms with Crippen molar-refractivity contribution in [2.45, 2.75) is 103 Å². The predicted molar refractivity (Wildman–Crippen MR) is 129 cm³/mol. The summed E-state index contributed by atoms with van der Waals surface area (Å²) in [6.07, 6.45) is 16.5. The van der Waals surface area contributed by atoms with Crippen LogP contribution in [0.3, 0.4) is 0 Å². The zero-order valence-electron chi connectivity index (χ0n) is 20.1. The van der Waals surface area contributed by atoms with Crippen LogP contribution < -0.4 is 0 Å². The second kappa shape index (κ2) is 9.77. The Morgan fingerprint density at radius 1 is 1.26 bits per heavy atom. The van der Waals surface area contributed by atoms with Crippen molar-refractivity contribution in [3.63, 3.8) is 0 Å². The fourth-order valence-corrected chi connectivity index (χ4v) is 6.72. The van der Waals surface area contributed by atoms with Gasteiger partial charge >= 0.3 is 0 Å². The molecule has 174 valence electrons. The molecule has 1 saturated carbocycles. The molecule has 0 radical (unpaired) electrons. The third kappa shape index (κ3) is 5.61. The van der Waals surface area contributed by atoms with E-state index in [1.54, 1.807) is 6.08 Å². The Hall–Kier alpha value is -1.16. The number of rotatable bonds is 8. The molecule has 0 aromatic rings. The highest BCUT2D eigenvalue weighted by molar-refractivity contribution is 5.41. The first-order chi connectivity index (χ1) is 14.5. The molecule has 3 aliphatic rings. The molecule has 0 unspecified atom stereocenters. The Kier molecular flexibility index (Phi) is 7.71. The minimum Gasteiger partial charge on any atom is -0.393 e. The van der Waals surface area contributed by atoms with E-state index in [1.807, 2.05) is 13.8 Å². The number of hydrogen-bond donors (Lipinski definition) is 3. The van der Waals surface area contributed by atoms with Crippen LogP contribution in [0.1, 0.15) is 85.5 Å². The molecule has 0 aromatic carbocycles. The van der Waals surface area contributed by atoms with Crippen LogP contribution in [0.15, 0.2) is 47.6 Å². The normalized spacial score (nSPS) is 35.3. The highest BCUT2D eigenvalue weighted by atomic mass is 16.3. The molecule has 0 heterocycles. The second-order valence-corrected chi connectivity index (χ2v) is 11.3. The summed E-state index contributed by atoms with van der Waals surface area (Å²) in [4.78, 5) is 0. The van der Waals surface area contributed by atoms with Gasteiger partial charge in [-0.1, -0.05) is 57.6 Å². The van der Waals surface area contributed by atoms with Crippen LogP contribution in [0.4, 0.5) is 0 Å². The largest absolute Gasteiger partial charge is 0.393 e. The van der Waals surface area contributed by atoms with Crippen LogP contribution in [0, 0.1) is 23.2 Å². The number of allylic oxidation sites excluding steroid dienone is 4. The van der Waals surface area contributed by atoms with Gasteiger partial charge < -0.3 is 15.3 Å². The lowest BCUT2D eigenvalue weighted by atomic mass is 9.62. The van der Waals surface area contributed by atoms with Crippen molar-refractivity contribution in [2.75, 3.05) is 0 Å². The first-order valence-electron chi connectivity index (χ1n) is 12.4. The Morgan fingerprint density at radius 2 is 2.00 bits per heavy atom. The summed E-state index contributed by atoms with van der Waals surface area (Å²) in [5, 5.41) is 30.5. The molecular formula is C28H44O3. The van der Waals surface area contributed by atoms with Crippen LogP contribution in [-0.4, -0.2) is 33.1 Å². The third-order valence-electron chi connectivity index (χ3n) is 8.39. The van der Waals surface area contributed by atoms with Crippen molar-refractivity contribution >= 4 is 0 Å². The molecule has 0 bridgehead atoms. The first kappa shape index (κ1) is 24.5. The number of hydrogen-bond acceptors (Lipinski definition) is 3. The lowest BCUT2D eigenvalue weighted by Crippen LogP contribution is -2.35. The van der Waals surface area contributed by atoms with Crippen LogP contribution in [0.2, 0.25) is 0 Å². The van der Waals surface area contributed by atoms with E-state index in [-0.39, 0.29) is 0 Å². The maximum atomic E-state index is 10.3. The van der Waals surface area contributed by atoms with Crippen molar-refractivity contribution in [1.82, 2.24) is 0 Å². The Morgan fingerprint density at radius 3 is 2.68 bits per heavy atom. The summed E-state index contributed by atoms with van der Waals surface area (Å²) in [5.41, 5.74) is 3.09. The average molecular weight is 429 g/mol. The average Bonchev–Trinajstić information content (AvgIpc) is 3.02. The molecule has 6 atom stereocenters. The van der Waals surface area contributed by atoms with E-state index in [1.165, 1.54) is 31.3 Å². The summed E-state index contributed by atoms with van der Waals surface area (Å²) in [7, 11) is 0. The molecule has 3 nitrogen and oxygen atoms in total. The van der Waals surface area contributed by atoms with Gasteiger partial charge in [0.25, 0.3) is 0 Å². The Bertz CT molecular complexity index is 738. The van der Waals surface area contributed by atoms with Gasteiger partial charge in [-0.15, -0.1) is 0 Å². The van der Waals surface area contributed by atoms with Gasteiger partial charge in [-0.05, 0) is 92.3 Å². The van der Waals surface area contributed by atoms with Crippen LogP contribution in [0.5, 0.6) is 0 Å². The van der Waals surface area contributed by atoms with Gasteiger partial charge in [0.2, 0.25) is 0 Å². The minimum atomic E-state index is -0.618. The van der Waals surface area contributed by atoms with Crippen molar-refractivity contribution < 1.29 is 15.3 Å². The topological polar surface area (TPSA) is 60.7 Å². The van der Waals surface area contributed by atoms with Crippen molar-refractivity contribution in [1.29, 1.82) is 0 Å². The van der Waals surface area contributed by atoms with E-state index in [4.69, 9.17) is 0 Å². The Labute approximate surface area is 189 Å². The Balaban J connectivity index is 1.71. The summed E-state index contributed by atoms with van der Waals surface area (Å²) in [5.74, 6) is 2.00. The zero-order valence-corrected chi connectivity index (χ0v) is 20.1. The van der Waals surface area contributed by atoms with E-state index in [0.29, 0.717) is 30.1 Å². The summed E-state index contributed by atoms with van der Waals surface area (Å²) >= 11 is 0. The van der Waals surface area contributed by atoms with E-state index in [9.17, 15) is 15.3 Å². The SMILES string of the molecule is C=CC1=C(/C=C\C2=CCC[C@]3(C)[C@@H]([C@H](C)CCCC(C)(C)O)CC[C@@H]23)C[C@@H](O)C[C@@H]1O. The van der Waals surface area contributed by atoms with Gasteiger partial charge in [0.05, 0.1) is 17.8 Å². The lowest BCUT2D eigenvalue weighted by molar-refractivity contribution is 0.0613. The molecule has 3 heteroatoms. The molecule has 0 amide bonds. The molecular weight excluding hydrogens is 384 g/mol. The molecule has 3 aliphatic carbocycles. The maximum Gasteiger partial charge on any atom is 0.0817 e. The monoisotopic (exact) mass is 428 g/mol. The minimum absolute atomic E-state index is 0.337. The molecule has 0 aromatic heterocycles. The van der Waals surface area contributed by atoms with Crippen molar-refractivity contribution in [3.05, 3.63) is 47.6 Å². The second-order valence-electron chi connectivity index (χ2n) is 11.3. The van der Waals surface area contributed by atoms with Crippen LogP contribution in [0.25, 0.3) is 0 Å². The molecule has 1 fully saturated rings. The zero-order chi connectivity index (χ0) is 22.8. The van der Waals surface area contributed by atoms with Gasteiger partial charge in [-0.2, -0.15) is 0 Å². The quantitative estimate of drug-likeness (QED) is 0.453. The van der Waals surface area contributed by atoms with Crippen molar-refractivity contribution in [3.8, 4) is 0 Å². The summed E-state index contributed by atoms with van der Waals surface area (Å²) in [6.45, 7) is 12.6. The van der Waals surface area contributed by atoms with Crippen LogP contribution in [-0.2, 0) is 0 Å². The van der Waals surface area contributed by atoms with Gasteiger partial charge in [0.15, 0.2) is 0 Å². The van der Waals surface area contributed by atoms with Crippen molar-refractivity contribution in [2.24, 2.45) is 23.2 Å². The molecule has 0 aliphatic heterocycles. The van der Waals surface area contributed by atoms with E-state index < -0.39 is 17.8 Å². The smallest absolute Gasteiger partial charge is 0.0817 e. The maximum absolute atomic E-state index is 10.3. The molecule has 3 rings (SSSR count). The molecule has 0 saturated heterocycles. The lowest BCUT2D eigenvalue weighted by Gasteiger charge is -2.43. The van der Waals surface area contributed by atoms with E-state index >= 15 is 0 Å². The van der Waals surface area contributed by atoms with Gasteiger partial charge in [-0.25, -0.2) is 0 Å². The molecule has 0 spiro atoms. The summed E-state index contributed by atoms with van der Waals surface area (Å²) in [6, 6.07) is 0. The number of aliphatic hydroxyl groups excluding tert-OH is 2. The first-order valence-corrected chi connectivity index (χ1v) is 12.4. The van der Waals surface area contributed by atoms with E-state index in [0.717, 1.165) is 36.3 Å². The fourth-order valence-electron chi connectivity index (χ4n) is 6.72. The standard InChI is InChI=1S/C28H44O3/c1-6-23-21(17-22(29)18-26(23)30)12-11-20-10-8-16-28(5)24(13-14-25(20)28)19(2)9-7-15-27(3,4)31/h6,10-12,19,22,24-26,29-31H,1,7-9,13-18H2,2-5H3/b12-11-/t19-,22-,24-,25+,26+,28-/m1/s1. The van der Waals surface area contributed by atoms with Crippen LogP contribution >= 0.6 is 0 Å². The highest BCUT2D eigenvalue weighted by Gasteiger charge is 2.49. The highest BCUT2D eigenvalue weighted by Crippen LogP contribution is 2.58. The third-order valence-corrected chi connectivity index (χ3v) is 8.39. The number of fused-ring (bicyclic) bond motifs is 1. The molecule has 3 N–H and O–H groups in total. The van der Waals surface area contributed by atoms with Gasteiger partial charge in [-0.3, -0.25) is 0 Å². The fraction of sp³-hybridized carbons (Fsp3) is 0.714. The predicted octanol–water partition coefficient (Wildman–Crippen LogP) is 5.87. The number of aliphatic hydroxyl groups is 3. The van der Waals surface area contributed by atoms with Gasteiger partial charge in [0, 0.05) is 6.42 Å². The molecule has 31 heavy (non-hydrogen) atoms. The van der Waals surface area contributed by atoms with E-state index in [2.05, 4.69) is 38.7 Å². The summed E-state index contributed by atoms with van der Waals surface area (Å²) < 4.78 is 0. The van der Waals surface area contributed by atoms with Gasteiger partial charge in [0.1, 0.15) is 0 Å².